The van der Waals surface area contributed by atoms with Crippen LogP contribution >= 0.6 is 0 Å². The van der Waals surface area contributed by atoms with Crippen molar-refractivity contribution >= 4 is 0 Å². The van der Waals surface area contributed by atoms with E-state index in [9.17, 15) is 45.0 Å². The molecule has 0 spiro atoms. The van der Waals surface area contributed by atoms with Crippen molar-refractivity contribution in [2.24, 2.45) is 5.41 Å². The molecule has 0 radical (unpaired) electrons. The molecule has 1 aromatic rings. The van der Waals surface area contributed by atoms with Crippen LogP contribution in [0.5, 0.6) is 0 Å². The molecular formula is C11H19N3O9. The van der Waals surface area contributed by atoms with Crippen molar-refractivity contribution in [3.05, 3.63) is 31.5 Å². The molecule has 1 aromatic heterocycles. The molecule has 0 bridgehead atoms. The van der Waals surface area contributed by atoms with Gasteiger partial charge in [-0.15, -0.1) is 0 Å². The van der Waals surface area contributed by atoms with Crippen LogP contribution < -0.4 is 17.1 Å². The Morgan fingerprint density at radius 3 is 1.70 bits per heavy atom. The highest BCUT2D eigenvalue weighted by Crippen LogP contribution is 2.29. The van der Waals surface area contributed by atoms with Gasteiger partial charge in [-0.05, 0) is 12.8 Å². The SMILES string of the molecule is O=c1[nH]c(=O)n(C(CCC(CO)(CO)CO)C(O)(O)O)c(=O)[nH]1. The van der Waals surface area contributed by atoms with Crippen LogP contribution in [0.1, 0.15) is 18.9 Å². The summed E-state index contributed by atoms with van der Waals surface area (Å²) < 4.78 is 0.179. The van der Waals surface area contributed by atoms with E-state index >= 15 is 0 Å². The van der Waals surface area contributed by atoms with E-state index in [1.54, 1.807) is 9.97 Å². The number of nitrogens with zero attached hydrogens (tertiary/aromatic N) is 1. The minimum atomic E-state index is -3.51. The Hall–Kier alpha value is -1.83. The summed E-state index contributed by atoms with van der Waals surface area (Å²) in [4.78, 5) is 37.7. The van der Waals surface area contributed by atoms with Crippen molar-refractivity contribution in [2.45, 2.75) is 24.9 Å². The summed E-state index contributed by atoms with van der Waals surface area (Å²) in [6.45, 7) is -2.00. The van der Waals surface area contributed by atoms with E-state index in [0.717, 1.165) is 0 Å². The maximum Gasteiger partial charge on any atom is 0.334 e. The maximum absolute atomic E-state index is 11.7. The molecule has 1 atom stereocenters. The van der Waals surface area contributed by atoms with Gasteiger partial charge in [0.2, 0.25) is 0 Å². The quantitative estimate of drug-likeness (QED) is 0.213. The van der Waals surface area contributed by atoms with Gasteiger partial charge in [0.1, 0.15) is 6.04 Å². The third-order valence-electron chi connectivity index (χ3n) is 3.59. The summed E-state index contributed by atoms with van der Waals surface area (Å²) in [5, 5.41) is 55.8. The zero-order valence-corrected chi connectivity index (χ0v) is 12.0. The van der Waals surface area contributed by atoms with Crippen LogP contribution in [0.15, 0.2) is 14.4 Å². The molecule has 0 saturated heterocycles. The predicted molar refractivity (Wildman–Crippen MR) is 73.3 cm³/mol. The minimum absolute atomic E-state index is 0.179. The van der Waals surface area contributed by atoms with Crippen LogP contribution in [-0.2, 0) is 0 Å². The standard InChI is InChI=1S/C11H19N3O9/c15-3-10(4-16,5-17)2-1-6(11(21,22)23)14-8(19)12-7(18)13-9(14)20/h6,15-17,21-23H,1-5H2,(H2,12,13,18,19,20). The number of nitrogens with one attached hydrogen (secondary N) is 2. The highest BCUT2D eigenvalue weighted by Gasteiger charge is 2.39. The van der Waals surface area contributed by atoms with E-state index in [1.807, 2.05) is 0 Å². The van der Waals surface area contributed by atoms with Crippen LogP contribution in [0, 0.1) is 5.41 Å². The lowest BCUT2D eigenvalue weighted by Gasteiger charge is -2.32. The summed E-state index contributed by atoms with van der Waals surface area (Å²) in [6, 6.07) is -1.93. The molecule has 132 valence electrons. The van der Waals surface area contributed by atoms with Crippen LogP contribution in [0.3, 0.4) is 0 Å². The highest BCUT2D eigenvalue weighted by atomic mass is 16.7. The molecule has 1 heterocycles. The Balaban J connectivity index is 3.27. The summed E-state index contributed by atoms with van der Waals surface area (Å²) in [7, 11) is 0. The number of aliphatic hydroxyl groups excluding tert-OH is 3. The lowest BCUT2D eigenvalue weighted by Crippen LogP contribution is -2.52. The Labute approximate surface area is 127 Å². The third-order valence-corrected chi connectivity index (χ3v) is 3.59. The highest BCUT2D eigenvalue weighted by molar-refractivity contribution is 4.85. The first-order valence-corrected chi connectivity index (χ1v) is 6.55. The van der Waals surface area contributed by atoms with Gasteiger partial charge >= 0.3 is 17.1 Å². The fourth-order valence-electron chi connectivity index (χ4n) is 2.05. The Kier molecular flexibility index (Phi) is 5.98. The van der Waals surface area contributed by atoms with Gasteiger partial charge in [-0.25, -0.2) is 19.0 Å². The smallest absolute Gasteiger partial charge is 0.334 e. The summed E-state index contributed by atoms with van der Waals surface area (Å²) in [5.41, 5.74) is -5.15. The number of aromatic amines is 2. The number of H-pyrrole nitrogens is 2. The number of aliphatic hydroxyl groups is 6. The number of aromatic nitrogens is 3. The second-order valence-corrected chi connectivity index (χ2v) is 5.28. The molecule has 1 unspecified atom stereocenters. The maximum atomic E-state index is 11.7. The molecule has 12 heteroatoms. The van der Waals surface area contributed by atoms with Crippen molar-refractivity contribution < 1.29 is 30.6 Å². The number of rotatable bonds is 8. The van der Waals surface area contributed by atoms with Gasteiger partial charge in [0.25, 0.3) is 5.97 Å². The van der Waals surface area contributed by atoms with Crippen LogP contribution in [0.25, 0.3) is 0 Å². The van der Waals surface area contributed by atoms with E-state index in [-0.39, 0.29) is 11.0 Å². The van der Waals surface area contributed by atoms with Gasteiger partial charge in [-0.3, -0.25) is 9.97 Å². The van der Waals surface area contributed by atoms with Gasteiger partial charge in [-0.1, -0.05) is 0 Å². The fourth-order valence-corrected chi connectivity index (χ4v) is 2.05. The number of hydrogen-bond acceptors (Lipinski definition) is 9. The molecule has 23 heavy (non-hydrogen) atoms. The van der Waals surface area contributed by atoms with E-state index in [2.05, 4.69) is 0 Å². The van der Waals surface area contributed by atoms with Crippen molar-refractivity contribution in [1.82, 2.24) is 14.5 Å². The minimum Gasteiger partial charge on any atom is -0.396 e. The zero-order valence-electron chi connectivity index (χ0n) is 12.0. The lowest BCUT2D eigenvalue weighted by molar-refractivity contribution is -0.338. The average molecular weight is 337 g/mol. The van der Waals surface area contributed by atoms with Crippen molar-refractivity contribution in [2.75, 3.05) is 19.8 Å². The molecule has 1 rings (SSSR count). The van der Waals surface area contributed by atoms with E-state index < -0.39 is 60.7 Å². The van der Waals surface area contributed by atoms with Crippen molar-refractivity contribution in [1.29, 1.82) is 0 Å². The van der Waals surface area contributed by atoms with Gasteiger partial charge in [-0.2, -0.15) is 0 Å². The Bertz CT molecular complexity index is 637. The normalized spacial score (nSPS) is 14.0. The molecule has 0 aliphatic carbocycles. The largest absolute Gasteiger partial charge is 0.396 e. The average Bonchev–Trinajstić information content (AvgIpc) is 2.45. The first kappa shape index (κ1) is 19.2. The molecular weight excluding hydrogens is 318 g/mol. The Morgan fingerprint density at radius 1 is 0.913 bits per heavy atom. The molecule has 0 fully saturated rings. The summed E-state index contributed by atoms with van der Waals surface area (Å²) in [6.07, 6.45) is -0.782. The van der Waals surface area contributed by atoms with E-state index in [1.165, 1.54) is 0 Å². The molecule has 0 amide bonds. The van der Waals surface area contributed by atoms with Crippen LogP contribution in [-0.4, -0.2) is 71.0 Å². The molecule has 0 saturated carbocycles. The second kappa shape index (κ2) is 7.16. The first-order valence-electron chi connectivity index (χ1n) is 6.55. The van der Waals surface area contributed by atoms with Crippen LogP contribution in [0.2, 0.25) is 0 Å². The molecule has 12 nitrogen and oxygen atoms in total. The second-order valence-electron chi connectivity index (χ2n) is 5.28. The predicted octanol–water partition coefficient (Wildman–Crippen LogP) is -4.86. The fraction of sp³-hybridized carbons (Fsp3) is 0.727. The number of hydrogen-bond donors (Lipinski definition) is 8. The van der Waals surface area contributed by atoms with Gasteiger partial charge < -0.3 is 30.6 Å². The van der Waals surface area contributed by atoms with E-state index in [0.29, 0.717) is 0 Å². The molecule has 0 aromatic carbocycles. The monoisotopic (exact) mass is 337 g/mol. The summed E-state index contributed by atoms with van der Waals surface area (Å²) in [5.74, 6) is -3.51. The van der Waals surface area contributed by atoms with Crippen LogP contribution in [0.4, 0.5) is 0 Å². The topological polar surface area (TPSA) is 209 Å². The van der Waals surface area contributed by atoms with Crippen molar-refractivity contribution in [3.8, 4) is 0 Å². The zero-order chi connectivity index (χ0) is 17.8. The summed E-state index contributed by atoms with van der Waals surface area (Å²) >= 11 is 0. The Morgan fingerprint density at radius 2 is 1.35 bits per heavy atom. The van der Waals surface area contributed by atoms with Gasteiger partial charge in [0.15, 0.2) is 0 Å². The third kappa shape index (κ3) is 4.34. The molecule has 0 aliphatic rings. The van der Waals surface area contributed by atoms with Gasteiger partial charge in [0.05, 0.1) is 19.8 Å². The lowest BCUT2D eigenvalue weighted by atomic mass is 9.84. The first-order chi connectivity index (χ1) is 10.6. The molecule has 0 aliphatic heterocycles. The molecule has 8 N–H and O–H groups in total. The van der Waals surface area contributed by atoms with E-state index in [4.69, 9.17) is 0 Å². The van der Waals surface area contributed by atoms with Crippen molar-refractivity contribution in [3.63, 3.8) is 0 Å². The van der Waals surface area contributed by atoms with Gasteiger partial charge in [0, 0.05) is 5.41 Å².